The van der Waals surface area contributed by atoms with Crippen molar-refractivity contribution in [2.45, 2.75) is 334 Å². The van der Waals surface area contributed by atoms with Crippen LogP contribution in [0.15, 0.2) is 182 Å². The van der Waals surface area contributed by atoms with Gasteiger partial charge in [0.15, 0.2) is 6.10 Å². The number of hydrogen-bond donors (Lipinski definition) is 4. The number of ether oxygens (including phenoxy) is 3. The fourth-order valence-electron chi connectivity index (χ4n) is 10.8. The molecule has 0 fully saturated rings. The molecule has 0 rings (SSSR count). The molecule has 0 aliphatic carbocycles. The molecule has 4 N–H and O–H groups in total. The second-order valence-corrected chi connectivity index (χ2v) is 30.4. The molecule has 620 valence electrons. The smallest absolute Gasteiger partial charge is 0.463 e. The number of aliphatic hydroxyl groups excluding tert-OH is 2. The molecule has 16 nitrogen and oxygen atoms in total. The summed E-state index contributed by atoms with van der Waals surface area (Å²) in [5.41, 5.74) is 0. The monoisotopic (exact) mass is 1560 g/mol. The van der Waals surface area contributed by atoms with Gasteiger partial charge in [-0.1, -0.05) is 319 Å². The molecular weight excluding hydrogens is 1410 g/mol. The Morgan fingerprint density at radius 2 is 0.486 bits per heavy atom. The summed E-state index contributed by atoms with van der Waals surface area (Å²) in [6, 6.07) is 0. The van der Waals surface area contributed by atoms with Crippen LogP contribution < -0.4 is 0 Å². The highest BCUT2D eigenvalue weighted by atomic mass is 31.2. The van der Waals surface area contributed by atoms with Gasteiger partial charge in [0.1, 0.15) is 25.4 Å². The van der Waals surface area contributed by atoms with Crippen molar-refractivity contribution >= 4 is 33.6 Å². The summed E-state index contributed by atoms with van der Waals surface area (Å²) in [6.45, 7) is 2.33. The van der Waals surface area contributed by atoms with Gasteiger partial charge < -0.3 is 34.2 Å². The Bertz CT molecular complexity index is 2710. The van der Waals surface area contributed by atoms with Gasteiger partial charge >= 0.3 is 33.6 Å². The zero-order valence-corrected chi connectivity index (χ0v) is 69.7. The number of carbonyl (C=O) groups is 3. The van der Waals surface area contributed by atoms with E-state index in [1.807, 2.05) is 0 Å². The quantitative estimate of drug-likeness (QED) is 0.0146. The highest BCUT2D eigenvalue weighted by Gasteiger charge is 2.29. The Labute approximate surface area is 662 Å². The predicted molar refractivity (Wildman–Crippen MR) is 454 cm³/mol. The topological polar surface area (TPSA) is 231 Å². The van der Waals surface area contributed by atoms with Crippen LogP contribution in [0.25, 0.3) is 0 Å². The van der Waals surface area contributed by atoms with Crippen molar-refractivity contribution in [1.29, 1.82) is 0 Å². The third kappa shape index (κ3) is 83.4. The van der Waals surface area contributed by atoms with E-state index in [2.05, 4.69) is 203 Å². The normalized spacial score (nSPS) is 14.8. The molecule has 5 unspecified atom stereocenters. The molecule has 0 saturated carbocycles. The first kappa shape index (κ1) is 104. The number of unbranched alkanes of at least 4 members (excludes halogenated alkanes) is 25. The second-order valence-electron chi connectivity index (χ2n) is 27.5. The summed E-state index contributed by atoms with van der Waals surface area (Å²) in [5.74, 6) is -1.67. The molecule has 5 atom stereocenters. The zero-order chi connectivity index (χ0) is 79.4. The number of phosphoric ester groups is 2. The van der Waals surface area contributed by atoms with Gasteiger partial charge in [-0.3, -0.25) is 32.5 Å². The number of hydrogen-bond acceptors (Lipinski definition) is 14. The largest absolute Gasteiger partial charge is 0.472 e. The molecule has 0 radical (unpaired) electrons. The maximum atomic E-state index is 13.0. The van der Waals surface area contributed by atoms with Crippen LogP contribution in [-0.4, -0.2) is 95.9 Å². The van der Waals surface area contributed by atoms with E-state index in [1.54, 1.807) is 0 Å². The van der Waals surface area contributed by atoms with E-state index < -0.39 is 91.5 Å². The minimum absolute atomic E-state index is 0.0483. The van der Waals surface area contributed by atoms with Crippen molar-refractivity contribution in [2.24, 2.45) is 0 Å². The summed E-state index contributed by atoms with van der Waals surface area (Å²) in [7, 11) is -9.83. The van der Waals surface area contributed by atoms with Gasteiger partial charge in [0, 0.05) is 19.3 Å². The standard InChI is InChI=1S/C91H150O16P2/c1-4-7-10-13-16-19-22-25-28-31-34-36-37-38-39-40-41-42-43-44-45-46-47-49-52-53-56-59-62-65-68-71-74-77-89(94)101-80-86(92)81-103-108(97,98)104-82-87(93)83-105-109(99,100)106-85-88(107-91(96)79-76-73-70-67-64-61-58-55-50-33-30-27-24-21-18-15-12-9-6-3)84-102-90(95)78-75-72-69-66-63-60-57-54-51-48-35-32-29-26-23-20-17-14-11-8-5-2/h8-9,11-12,16-21,25-30,34-36,38-39,48,50,54-55,57,61,63-64,66,86-88,92-93H,4-7,10,13-15,22-24,31-33,37,40-47,49,51-53,56,58-60,62,65,67-85H2,1-3H3,(H,97,98)(H,99,100)/b11-8-,12-9-,19-16-,20-17-,21-18-,28-25-,29-26-,30-27-,36-34-,39-38-,48-35-,55-50-,57-54-,64-61-,66-63-. The van der Waals surface area contributed by atoms with Crippen molar-refractivity contribution in [1.82, 2.24) is 0 Å². The van der Waals surface area contributed by atoms with Crippen molar-refractivity contribution in [3.63, 3.8) is 0 Å². The van der Waals surface area contributed by atoms with Crippen molar-refractivity contribution in [2.75, 3.05) is 39.6 Å². The predicted octanol–water partition coefficient (Wildman–Crippen LogP) is 25.3. The number of carbonyl (C=O) groups excluding carboxylic acids is 3. The van der Waals surface area contributed by atoms with E-state index in [1.165, 1.54) is 116 Å². The lowest BCUT2D eigenvalue weighted by Gasteiger charge is -2.21. The lowest BCUT2D eigenvalue weighted by atomic mass is 10.0. The van der Waals surface area contributed by atoms with Gasteiger partial charge in [0.2, 0.25) is 0 Å². The molecule has 0 spiro atoms. The minimum atomic E-state index is -4.96. The Morgan fingerprint density at radius 1 is 0.266 bits per heavy atom. The summed E-state index contributed by atoms with van der Waals surface area (Å²) < 4.78 is 61.2. The fourth-order valence-corrected chi connectivity index (χ4v) is 12.3. The van der Waals surface area contributed by atoms with Crippen molar-refractivity contribution < 1.29 is 75.8 Å². The Kier molecular flexibility index (Phi) is 78.1. The molecule has 0 aliphatic heterocycles. The molecule has 0 saturated heterocycles. The average molecular weight is 1560 g/mol. The first-order valence-corrected chi connectivity index (χ1v) is 45.1. The maximum absolute atomic E-state index is 13.0. The highest BCUT2D eigenvalue weighted by molar-refractivity contribution is 7.47. The molecule has 0 heterocycles. The first-order valence-electron chi connectivity index (χ1n) is 42.1. The van der Waals surface area contributed by atoms with Crippen molar-refractivity contribution in [3.05, 3.63) is 182 Å². The van der Waals surface area contributed by atoms with E-state index in [-0.39, 0.29) is 19.3 Å². The molecular formula is C91H150O16P2. The number of allylic oxidation sites excluding steroid dienone is 30. The summed E-state index contributed by atoms with van der Waals surface area (Å²) in [6.07, 6.45) is 107. The Balaban J connectivity index is 4.58. The summed E-state index contributed by atoms with van der Waals surface area (Å²) >= 11 is 0. The molecule has 0 aromatic carbocycles. The maximum Gasteiger partial charge on any atom is 0.472 e. The molecule has 0 aromatic rings. The van der Waals surface area contributed by atoms with E-state index in [0.717, 1.165) is 141 Å². The number of esters is 3. The van der Waals surface area contributed by atoms with Crippen LogP contribution in [0.3, 0.4) is 0 Å². The number of aliphatic hydroxyl groups is 2. The zero-order valence-electron chi connectivity index (χ0n) is 67.9. The van der Waals surface area contributed by atoms with Crippen molar-refractivity contribution in [3.8, 4) is 0 Å². The lowest BCUT2D eigenvalue weighted by molar-refractivity contribution is -0.161. The Morgan fingerprint density at radius 3 is 0.798 bits per heavy atom. The van der Waals surface area contributed by atoms with Crippen LogP contribution in [-0.2, 0) is 55.8 Å². The highest BCUT2D eigenvalue weighted by Crippen LogP contribution is 2.45. The van der Waals surface area contributed by atoms with Crippen LogP contribution in [0.5, 0.6) is 0 Å². The molecule has 0 amide bonds. The number of phosphoric acid groups is 2. The van der Waals surface area contributed by atoms with Gasteiger partial charge in [-0.05, 0) is 161 Å². The Hall–Kier alpha value is -5.35. The van der Waals surface area contributed by atoms with Gasteiger partial charge in [-0.2, -0.15) is 0 Å². The SMILES string of the molecule is CC/C=C\C/C=C\C/C=C\C/C=C\C/C=C\C/C=C\CCCCC(=O)OCC(COP(=O)(O)OCC(O)COP(=O)(O)OCC(O)COC(=O)CCCCCCCCCCCCCCCCCCC/C=C\C/C=C\C/C=C\C/C=C\CCCCC)OC(=O)CCCCC/C=C\C/C=C\C/C=C\C/C=C\C/C=C\CC. The summed E-state index contributed by atoms with van der Waals surface area (Å²) in [5, 5.41) is 20.7. The molecule has 18 heteroatoms. The van der Waals surface area contributed by atoms with Gasteiger partial charge in [0.05, 0.1) is 26.4 Å². The van der Waals surface area contributed by atoms with E-state index in [4.69, 9.17) is 32.3 Å². The van der Waals surface area contributed by atoms with Crippen LogP contribution in [0.1, 0.15) is 316 Å². The summed E-state index contributed by atoms with van der Waals surface area (Å²) in [4.78, 5) is 58.7. The molecule has 0 aliphatic rings. The van der Waals surface area contributed by atoms with Crippen LogP contribution in [0.2, 0.25) is 0 Å². The van der Waals surface area contributed by atoms with E-state index in [9.17, 15) is 43.5 Å². The molecule has 0 aromatic heterocycles. The third-order valence-electron chi connectivity index (χ3n) is 17.1. The van der Waals surface area contributed by atoms with Crippen LogP contribution in [0, 0.1) is 0 Å². The average Bonchev–Trinajstić information content (AvgIpc) is 0.906. The number of rotatable bonds is 78. The van der Waals surface area contributed by atoms with Gasteiger partial charge in [-0.15, -0.1) is 0 Å². The fraction of sp³-hybridized carbons (Fsp3) is 0.637. The van der Waals surface area contributed by atoms with E-state index >= 15 is 0 Å². The second kappa shape index (κ2) is 82.1. The van der Waals surface area contributed by atoms with Crippen LogP contribution >= 0.6 is 15.6 Å². The third-order valence-corrected chi connectivity index (χ3v) is 19.0. The van der Waals surface area contributed by atoms with Gasteiger partial charge in [0.25, 0.3) is 0 Å². The van der Waals surface area contributed by atoms with Gasteiger partial charge in [-0.25, -0.2) is 9.13 Å². The van der Waals surface area contributed by atoms with E-state index in [0.29, 0.717) is 19.3 Å². The minimum Gasteiger partial charge on any atom is -0.463 e. The lowest BCUT2D eigenvalue weighted by Crippen LogP contribution is -2.30. The first-order chi connectivity index (χ1) is 53.2. The molecule has 109 heavy (non-hydrogen) atoms. The van der Waals surface area contributed by atoms with Crippen LogP contribution in [0.4, 0.5) is 0 Å². The molecule has 0 bridgehead atoms.